The molecule has 0 heterocycles. The summed E-state index contributed by atoms with van der Waals surface area (Å²) in [5, 5.41) is 10.2. The van der Waals surface area contributed by atoms with Crippen molar-refractivity contribution in [2.45, 2.75) is 19.5 Å². The molecule has 1 atom stereocenters. The minimum absolute atomic E-state index is 0.153. The van der Waals surface area contributed by atoms with Gasteiger partial charge in [-0.05, 0) is 12.5 Å². The first kappa shape index (κ1) is 15.0. The monoisotopic (exact) mass is 266 g/mol. The van der Waals surface area contributed by atoms with E-state index in [1.165, 1.54) is 21.1 Å². The molecule has 0 unspecified atom stereocenters. The summed E-state index contributed by atoms with van der Waals surface area (Å²) in [4.78, 5) is 29.0. The van der Waals surface area contributed by atoms with Gasteiger partial charge in [-0.25, -0.2) is 9.86 Å². The second-order valence-electron chi connectivity index (χ2n) is 4.09. The molecule has 19 heavy (non-hydrogen) atoms. The lowest BCUT2D eigenvalue weighted by atomic mass is 10.2. The van der Waals surface area contributed by atoms with Gasteiger partial charge in [0.15, 0.2) is 0 Å². The Morgan fingerprint density at radius 3 is 2.37 bits per heavy atom. The first-order valence-corrected chi connectivity index (χ1v) is 5.82. The molecule has 0 aromatic heterocycles. The highest BCUT2D eigenvalue weighted by molar-refractivity contribution is 5.84. The van der Waals surface area contributed by atoms with Gasteiger partial charge in [-0.3, -0.25) is 14.5 Å². The fourth-order valence-corrected chi connectivity index (χ4v) is 1.64. The number of nitrogens with zero attached hydrogens (tertiary/aromatic N) is 2. The number of carboxylic acid groups (broad SMARTS) is 1. The molecule has 0 aliphatic rings. The quantitative estimate of drug-likeness (QED) is 0.821. The van der Waals surface area contributed by atoms with Crippen LogP contribution in [0.25, 0.3) is 0 Å². The van der Waals surface area contributed by atoms with Crippen LogP contribution in [-0.4, -0.2) is 47.3 Å². The zero-order valence-electron chi connectivity index (χ0n) is 11.2. The number of carbonyl (C=O) groups excluding carboxylic acids is 1. The zero-order chi connectivity index (χ0) is 14.4. The Labute approximate surface area is 112 Å². The lowest BCUT2D eigenvalue weighted by Crippen LogP contribution is -2.47. The number of hydrogen-bond acceptors (Lipinski definition) is 3. The molecular formula is C13H18N2O4. The number of likely N-dealkylation sites (N-methyl/N-ethyl adjacent to an activating group) is 1. The average molecular weight is 266 g/mol. The van der Waals surface area contributed by atoms with Crippen LogP contribution in [0.4, 0.5) is 4.79 Å². The molecule has 0 aliphatic heterocycles. The van der Waals surface area contributed by atoms with E-state index >= 15 is 0 Å². The van der Waals surface area contributed by atoms with Crippen molar-refractivity contribution in [3.63, 3.8) is 0 Å². The van der Waals surface area contributed by atoms with E-state index in [1.54, 1.807) is 0 Å². The van der Waals surface area contributed by atoms with E-state index in [9.17, 15) is 14.7 Å². The van der Waals surface area contributed by atoms with Gasteiger partial charge in [0, 0.05) is 13.6 Å². The van der Waals surface area contributed by atoms with E-state index < -0.39 is 18.0 Å². The van der Waals surface area contributed by atoms with Gasteiger partial charge >= 0.3 is 6.09 Å². The van der Waals surface area contributed by atoms with Crippen molar-refractivity contribution in [1.29, 1.82) is 0 Å². The summed E-state index contributed by atoms with van der Waals surface area (Å²) < 4.78 is 0. The van der Waals surface area contributed by atoms with Gasteiger partial charge in [0.05, 0.1) is 7.11 Å². The van der Waals surface area contributed by atoms with Crippen molar-refractivity contribution in [2.24, 2.45) is 0 Å². The molecule has 0 saturated heterocycles. The maximum atomic E-state index is 11.9. The smallest absolute Gasteiger partial charge is 0.408 e. The summed E-state index contributed by atoms with van der Waals surface area (Å²) in [7, 11) is 2.80. The average Bonchev–Trinajstić information content (AvgIpc) is 2.43. The Hall–Kier alpha value is -2.08. The predicted molar refractivity (Wildman–Crippen MR) is 69.3 cm³/mol. The molecule has 0 saturated carbocycles. The van der Waals surface area contributed by atoms with E-state index in [4.69, 9.17) is 4.84 Å². The van der Waals surface area contributed by atoms with Gasteiger partial charge in [0.1, 0.15) is 6.04 Å². The van der Waals surface area contributed by atoms with E-state index in [0.717, 1.165) is 15.5 Å². The largest absolute Gasteiger partial charge is 0.465 e. The van der Waals surface area contributed by atoms with Crippen LogP contribution in [0.1, 0.15) is 12.5 Å². The lowest BCUT2D eigenvalue weighted by molar-refractivity contribution is -0.173. The maximum absolute atomic E-state index is 11.9. The maximum Gasteiger partial charge on any atom is 0.408 e. The third-order valence-corrected chi connectivity index (χ3v) is 2.85. The third kappa shape index (κ3) is 3.96. The van der Waals surface area contributed by atoms with E-state index in [2.05, 4.69) is 0 Å². The Balaban J connectivity index is 2.83. The molecule has 0 fully saturated rings. The first-order valence-electron chi connectivity index (χ1n) is 5.82. The lowest BCUT2D eigenvalue weighted by Gasteiger charge is -2.28. The van der Waals surface area contributed by atoms with Gasteiger partial charge in [-0.2, -0.15) is 0 Å². The molecule has 2 amide bonds. The van der Waals surface area contributed by atoms with Crippen LogP contribution in [0.2, 0.25) is 0 Å². The van der Waals surface area contributed by atoms with Crippen molar-refractivity contribution >= 4 is 12.0 Å². The number of amides is 2. The third-order valence-electron chi connectivity index (χ3n) is 2.85. The molecule has 1 N–H and O–H groups in total. The molecule has 0 radical (unpaired) electrons. The van der Waals surface area contributed by atoms with Crippen LogP contribution in [0.3, 0.4) is 0 Å². The minimum Gasteiger partial charge on any atom is -0.465 e. The predicted octanol–water partition coefficient (Wildman–Crippen LogP) is 1.57. The number of carbonyl (C=O) groups is 2. The highest BCUT2D eigenvalue weighted by atomic mass is 16.7. The van der Waals surface area contributed by atoms with Gasteiger partial charge in [-0.1, -0.05) is 30.3 Å². The SMILES string of the molecule is CON(C)C(=O)[C@H](C)N(Cc1ccccc1)C(=O)O. The van der Waals surface area contributed by atoms with Crippen molar-refractivity contribution in [2.75, 3.05) is 14.2 Å². The van der Waals surface area contributed by atoms with Gasteiger partial charge in [-0.15, -0.1) is 0 Å². The molecule has 6 heteroatoms. The summed E-state index contributed by atoms with van der Waals surface area (Å²) in [5.74, 6) is -0.416. The van der Waals surface area contributed by atoms with Crippen molar-refractivity contribution in [1.82, 2.24) is 9.96 Å². The molecular weight excluding hydrogens is 248 g/mol. The molecule has 104 valence electrons. The minimum atomic E-state index is -1.14. The van der Waals surface area contributed by atoms with Crippen LogP contribution in [0, 0.1) is 0 Å². The fraction of sp³-hybridized carbons (Fsp3) is 0.385. The summed E-state index contributed by atoms with van der Waals surface area (Å²) in [6.07, 6.45) is -1.14. The van der Waals surface area contributed by atoms with E-state index in [0.29, 0.717) is 0 Å². The molecule has 1 aromatic carbocycles. The molecule has 0 spiro atoms. The Morgan fingerprint density at radius 2 is 1.89 bits per heavy atom. The highest BCUT2D eigenvalue weighted by Crippen LogP contribution is 2.10. The van der Waals surface area contributed by atoms with Crippen LogP contribution in [0.5, 0.6) is 0 Å². The van der Waals surface area contributed by atoms with Gasteiger partial charge in [0.25, 0.3) is 5.91 Å². The summed E-state index contributed by atoms with van der Waals surface area (Å²) >= 11 is 0. The van der Waals surface area contributed by atoms with Gasteiger partial charge in [0.2, 0.25) is 0 Å². The van der Waals surface area contributed by atoms with Crippen molar-refractivity contribution in [3.8, 4) is 0 Å². The molecule has 0 bridgehead atoms. The number of hydroxylamine groups is 2. The Kier molecular flexibility index (Phi) is 5.32. The molecule has 0 aliphatic carbocycles. The second-order valence-corrected chi connectivity index (χ2v) is 4.09. The Bertz CT molecular complexity index is 436. The topological polar surface area (TPSA) is 70.1 Å². The van der Waals surface area contributed by atoms with Crippen LogP contribution >= 0.6 is 0 Å². The fourth-order valence-electron chi connectivity index (χ4n) is 1.64. The number of rotatable bonds is 5. The van der Waals surface area contributed by atoms with Crippen molar-refractivity contribution in [3.05, 3.63) is 35.9 Å². The highest BCUT2D eigenvalue weighted by Gasteiger charge is 2.28. The van der Waals surface area contributed by atoms with Crippen molar-refractivity contribution < 1.29 is 19.5 Å². The van der Waals surface area contributed by atoms with E-state index in [-0.39, 0.29) is 6.54 Å². The zero-order valence-corrected chi connectivity index (χ0v) is 11.2. The van der Waals surface area contributed by atoms with Crippen LogP contribution < -0.4 is 0 Å². The second kappa shape index (κ2) is 6.75. The molecule has 6 nitrogen and oxygen atoms in total. The van der Waals surface area contributed by atoms with Crippen LogP contribution in [0.15, 0.2) is 30.3 Å². The first-order chi connectivity index (χ1) is 8.97. The number of hydrogen-bond donors (Lipinski definition) is 1. The van der Waals surface area contributed by atoms with Gasteiger partial charge < -0.3 is 5.11 Å². The number of benzene rings is 1. The summed E-state index contributed by atoms with van der Waals surface area (Å²) in [5.41, 5.74) is 0.824. The van der Waals surface area contributed by atoms with E-state index in [1.807, 2.05) is 30.3 Å². The van der Waals surface area contributed by atoms with Crippen LogP contribution in [-0.2, 0) is 16.2 Å². The molecule has 1 rings (SSSR count). The normalized spacial score (nSPS) is 11.7. The summed E-state index contributed by atoms with van der Waals surface area (Å²) in [6, 6.07) is 8.30. The standard InChI is InChI=1S/C13H18N2O4/c1-10(12(16)14(2)19-3)15(13(17)18)9-11-7-5-4-6-8-11/h4-8,10H,9H2,1-3H3,(H,17,18)/t10-/m0/s1. The summed E-state index contributed by atoms with van der Waals surface area (Å²) in [6.45, 7) is 1.69. The molecule has 1 aromatic rings. The Morgan fingerprint density at radius 1 is 1.32 bits per heavy atom.